The summed E-state index contributed by atoms with van der Waals surface area (Å²) < 4.78 is 5.37. The molecule has 0 aromatic heterocycles. The van der Waals surface area contributed by atoms with Crippen molar-refractivity contribution in [3.63, 3.8) is 0 Å². The molecular weight excluding hydrogens is 304 g/mol. The number of carbonyl (C=O) groups is 1. The summed E-state index contributed by atoms with van der Waals surface area (Å²) in [6.07, 6.45) is 3.36. The van der Waals surface area contributed by atoms with Gasteiger partial charge in [-0.2, -0.15) is 0 Å². The highest BCUT2D eigenvalue weighted by atomic mass is 35.5. The number of rotatable bonds is 5. The Morgan fingerprint density at radius 1 is 1.14 bits per heavy atom. The average molecular weight is 319 g/mol. The molecule has 0 bridgehead atoms. The number of halogens is 1. The molecule has 0 saturated heterocycles. The molecule has 21 heavy (non-hydrogen) atoms. The zero-order valence-corrected chi connectivity index (χ0v) is 13.2. The first kappa shape index (κ1) is 15.7. The summed E-state index contributed by atoms with van der Waals surface area (Å²) in [4.78, 5) is 12.7. The third-order valence-corrected chi connectivity index (χ3v) is 3.73. The SMILES string of the molecule is CCOc1ccc(C=CC(=O)Sc2ccc(Cl)cc2)cc1. The predicted molar refractivity (Wildman–Crippen MR) is 89.0 cm³/mol. The minimum absolute atomic E-state index is 0.0220. The van der Waals surface area contributed by atoms with Gasteiger partial charge in [-0.1, -0.05) is 29.8 Å². The lowest BCUT2D eigenvalue weighted by molar-refractivity contribution is -0.107. The van der Waals surface area contributed by atoms with Crippen molar-refractivity contribution in [2.45, 2.75) is 11.8 Å². The zero-order chi connectivity index (χ0) is 15.1. The molecule has 0 atom stereocenters. The van der Waals surface area contributed by atoms with Crippen molar-refractivity contribution >= 4 is 34.6 Å². The molecule has 0 fully saturated rings. The Labute approximate surface area is 133 Å². The second kappa shape index (κ2) is 7.91. The Morgan fingerprint density at radius 3 is 2.43 bits per heavy atom. The van der Waals surface area contributed by atoms with Gasteiger partial charge in [0, 0.05) is 9.92 Å². The van der Waals surface area contributed by atoms with Crippen LogP contribution in [0.3, 0.4) is 0 Å². The number of thioether (sulfide) groups is 1. The van der Waals surface area contributed by atoms with Crippen molar-refractivity contribution in [2.75, 3.05) is 6.61 Å². The summed E-state index contributed by atoms with van der Waals surface area (Å²) in [7, 11) is 0. The van der Waals surface area contributed by atoms with Crippen LogP contribution in [0.2, 0.25) is 5.02 Å². The van der Waals surface area contributed by atoms with E-state index in [-0.39, 0.29) is 5.12 Å². The molecule has 4 heteroatoms. The van der Waals surface area contributed by atoms with Gasteiger partial charge in [0.2, 0.25) is 5.12 Å². The number of hydrogen-bond donors (Lipinski definition) is 0. The summed E-state index contributed by atoms with van der Waals surface area (Å²) in [6.45, 7) is 2.59. The van der Waals surface area contributed by atoms with Gasteiger partial charge in [0.1, 0.15) is 5.75 Å². The van der Waals surface area contributed by atoms with Crippen LogP contribution in [0.5, 0.6) is 5.75 Å². The lowest BCUT2D eigenvalue weighted by atomic mass is 10.2. The van der Waals surface area contributed by atoms with E-state index in [4.69, 9.17) is 16.3 Å². The largest absolute Gasteiger partial charge is 0.494 e. The van der Waals surface area contributed by atoms with E-state index in [2.05, 4.69) is 0 Å². The summed E-state index contributed by atoms with van der Waals surface area (Å²) >= 11 is 6.98. The maximum atomic E-state index is 11.9. The van der Waals surface area contributed by atoms with Crippen molar-refractivity contribution in [2.24, 2.45) is 0 Å². The van der Waals surface area contributed by atoms with Gasteiger partial charge in [-0.3, -0.25) is 4.79 Å². The van der Waals surface area contributed by atoms with Crippen molar-refractivity contribution in [3.8, 4) is 5.75 Å². The fraction of sp³-hybridized carbons (Fsp3) is 0.118. The molecule has 2 rings (SSSR count). The first-order valence-corrected chi connectivity index (χ1v) is 7.75. The summed E-state index contributed by atoms with van der Waals surface area (Å²) in [5, 5.41) is 0.642. The van der Waals surface area contributed by atoms with E-state index in [1.54, 1.807) is 24.3 Å². The molecule has 2 aromatic rings. The van der Waals surface area contributed by atoms with Gasteiger partial charge in [-0.05, 0) is 66.7 Å². The maximum absolute atomic E-state index is 11.9. The highest BCUT2D eigenvalue weighted by molar-refractivity contribution is 8.14. The molecule has 108 valence electrons. The average Bonchev–Trinajstić information content (AvgIpc) is 2.49. The first-order valence-electron chi connectivity index (χ1n) is 6.55. The Kier molecular flexibility index (Phi) is 5.90. The monoisotopic (exact) mass is 318 g/mol. The molecule has 0 N–H and O–H groups in total. The summed E-state index contributed by atoms with van der Waals surface area (Å²) in [6, 6.07) is 14.8. The van der Waals surface area contributed by atoms with Gasteiger partial charge in [0.15, 0.2) is 0 Å². The molecule has 0 heterocycles. The molecule has 0 aliphatic carbocycles. The first-order chi connectivity index (χ1) is 10.2. The van der Waals surface area contributed by atoms with Crippen LogP contribution >= 0.6 is 23.4 Å². The van der Waals surface area contributed by atoms with Crippen LogP contribution in [0.4, 0.5) is 0 Å². The normalized spacial score (nSPS) is 10.8. The van der Waals surface area contributed by atoms with Gasteiger partial charge in [-0.15, -0.1) is 0 Å². The quantitative estimate of drug-likeness (QED) is 0.568. The smallest absolute Gasteiger partial charge is 0.216 e. The molecule has 0 radical (unpaired) electrons. The van der Waals surface area contributed by atoms with Gasteiger partial charge in [0.05, 0.1) is 6.61 Å². The minimum atomic E-state index is -0.0220. The zero-order valence-electron chi connectivity index (χ0n) is 11.6. The van der Waals surface area contributed by atoms with Crippen molar-refractivity contribution in [3.05, 3.63) is 65.2 Å². The number of carbonyl (C=O) groups excluding carboxylic acids is 1. The van der Waals surface area contributed by atoms with E-state index in [0.717, 1.165) is 16.2 Å². The van der Waals surface area contributed by atoms with Crippen molar-refractivity contribution < 1.29 is 9.53 Å². The topological polar surface area (TPSA) is 26.3 Å². The lowest BCUT2D eigenvalue weighted by Gasteiger charge is -2.02. The molecule has 0 unspecified atom stereocenters. The van der Waals surface area contributed by atoms with E-state index >= 15 is 0 Å². The van der Waals surface area contributed by atoms with Gasteiger partial charge in [0.25, 0.3) is 0 Å². The molecule has 2 aromatic carbocycles. The minimum Gasteiger partial charge on any atom is -0.494 e. The molecule has 0 saturated carbocycles. The predicted octanol–water partition coefficient (Wildman–Crippen LogP) is 5.07. The number of hydrogen-bond acceptors (Lipinski definition) is 3. The van der Waals surface area contributed by atoms with Gasteiger partial charge < -0.3 is 4.74 Å². The Bertz CT molecular complexity index is 618. The van der Waals surface area contributed by atoms with Crippen LogP contribution in [-0.4, -0.2) is 11.7 Å². The second-order valence-electron chi connectivity index (χ2n) is 4.21. The van der Waals surface area contributed by atoms with Crippen LogP contribution in [0.25, 0.3) is 6.08 Å². The van der Waals surface area contributed by atoms with Gasteiger partial charge >= 0.3 is 0 Å². The van der Waals surface area contributed by atoms with Gasteiger partial charge in [-0.25, -0.2) is 0 Å². The Hall–Kier alpha value is -1.71. The third-order valence-electron chi connectivity index (χ3n) is 2.64. The van der Waals surface area contributed by atoms with Crippen LogP contribution in [0, 0.1) is 0 Å². The van der Waals surface area contributed by atoms with E-state index in [9.17, 15) is 4.79 Å². The van der Waals surface area contributed by atoms with Crippen LogP contribution in [0.15, 0.2) is 59.5 Å². The number of benzene rings is 2. The number of ether oxygens (including phenoxy) is 1. The molecular formula is C17H15ClO2S. The lowest BCUT2D eigenvalue weighted by Crippen LogP contribution is -1.90. The fourth-order valence-corrected chi connectivity index (χ4v) is 2.43. The molecule has 0 amide bonds. The third kappa shape index (κ3) is 5.29. The molecule has 0 spiro atoms. The molecule has 0 aliphatic heterocycles. The Balaban J connectivity index is 1.93. The maximum Gasteiger partial charge on any atom is 0.216 e. The highest BCUT2D eigenvalue weighted by Gasteiger charge is 2.01. The van der Waals surface area contributed by atoms with E-state index in [1.165, 1.54) is 11.8 Å². The van der Waals surface area contributed by atoms with Crippen molar-refractivity contribution in [1.29, 1.82) is 0 Å². The molecule has 2 nitrogen and oxygen atoms in total. The highest BCUT2D eigenvalue weighted by Crippen LogP contribution is 2.22. The van der Waals surface area contributed by atoms with Crippen LogP contribution in [-0.2, 0) is 4.79 Å². The van der Waals surface area contributed by atoms with Crippen molar-refractivity contribution in [1.82, 2.24) is 0 Å². The molecule has 0 aliphatic rings. The van der Waals surface area contributed by atoms with E-state index in [0.29, 0.717) is 11.6 Å². The summed E-state index contributed by atoms with van der Waals surface area (Å²) in [5.41, 5.74) is 0.962. The Morgan fingerprint density at radius 2 is 1.81 bits per heavy atom. The summed E-state index contributed by atoms with van der Waals surface area (Å²) in [5.74, 6) is 0.830. The standard InChI is InChI=1S/C17H15ClO2S/c1-2-20-15-8-3-13(4-9-15)5-12-17(19)21-16-10-6-14(18)7-11-16/h3-12H,2H2,1H3. The van der Waals surface area contributed by atoms with Crippen LogP contribution < -0.4 is 4.74 Å². The second-order valence-corrected chi connectivity index (χ2v) is 5.72. The van der Waals surface area contributed by atoms with E-state index < -0.39 is 0 Å². The van der Waals surface area contributed by atoms with Crippen LogP contribution in [0.1, 0.15) is 12.5 Å². The fourth-order valence-electron chi connectivity index (χ4n) is 1.66. The van der Waals surface area contributed by atoms with E-state index in [1.807, 2.05) is 43.3 Å².